The van der Waals surface area contributed by atoms with E-state index < -0.39 is 0 Å². The Morgan fingerprint density at radius 2 is 2.08 bits per heavy atom. The number of nitrogens with zero attached hydrogens (tertiary/aromatic N) is 3. The first-order valence-corrected chi connectivity index (χ1v) is 9.56. The number of aryl methyl sites for hydroxylation is 3. The van der Waals surface area contributed by atoms with Gasteiger partial charge in [-0.2, -0.15) is 0 Å². The predicted molar refractivity (Wildman–Crippen MR) is 102 cm³/mol. The van der Waals surface area contributed by atoms with Crippen LogP contribution in [0.2, 0.25) is 0 Å². The lowest BCUT2D eigenvalue weighted by atomic mass is 9.97. The van der Waals surface area contributed by atoms with Gasteiger partial charge in [-0.1, -0.05) is 6.07 Å². The summed E-state index contributed by atoms with van der Waals surface area (Å²) in [6, 6.07) is 10.6. The molecule has 2 aliphatic rings. The van der Waals surface area contributed by atoms with Crippen LogP contribution in [-0.4, -0.2) is 27.5 Å². The maximum atomic E-state index is 14.0. The van der Waals surface area contributed by atoms with Gasteiger partial charge in [-0.05, 0) is 68.6 Å². The molecule has 1 fully saturated rings. The van der Waals surface area contributed by atoms with Crippen molar-refractivity contribution in [1.29, 1.82) is 0 Å². The van der Waals surface area contributed by atoms with Crippen LogP contribution in [0, 0.1) is 12.7 Å². The van der Waals surface area contributed by atoms with Crippen molar-refractivity contribution in [2.24, 2.45) is 0 Å². The number of halogens is 1. The zero-order chi connectivity index (χ0) is 17.8. The fourth-order valence-electron chi connectivity index (χ4n) is 4.97. The van der Waals surface area contributed by atoms with E-state index in [2.05, 4.69) is 33.6 Å². The van der Waals surface area contributed by atoms with Gasteiger partial charge < -0.3 is 4.57 Å². The predicted octanol–water partition coefficient (Wildman–Crippen LogP) is 4.42. The minimum Gasteiger partial charge on any atom is -0.344 e. The third-order valence-electron chi connectivity index (χ3n) is 6.38. The maximum absolute atomic E-state index is 14.0. The highest BCUT2D eigenvalue weighted by molar-refractivity contribution is 5.86. The Balaban J connectivity index is 1.59. The average molecular weight is 349 g/mol. The summed E-state index contributed by atoms with van der Waals surface area (Å²) in [5.41, 5.74) is 6.28. The molecule has 5 rings (SSSR count). The van der Waals surface area contributed by atoms with E-state index in [1.54, 1.807) is 12.1 Å². The van der Waals surface area contributed by atoms with Gasteiger partial charge in [0.2, 0.25) is 0 Å². The van der Waals surface area contributed by atoms with Crippen molar-refractivity contribution in [3.8, 4) is 0 Å². The van der Waals surface area contributed by atoms with Gasteiger partial charge in [-0.25, -0.2) is 4.39 Å². The third kappa shape index (κ3) is 2.39. The first kappa shape index (κ1) is 16.0. The lowest BCUT2D eigenvalue weighted by Crippen LogP contribution is -2.34. The highest BCUT2D eigenvalue weighted by Gasteiger charge is 2.40. The third-order valence-corrected chi connectivity index (χ3v) is 6.38. The molecule has 0 saturated carbocycles. The van der Waals surface area contributed by atoms with Crippen LogP contribution in [0.3, 0.4) is 0 Å². The van der Waals surface area contributed by atoms with Crippen molar-refractivity contribution >= 4 is 10.9 Å². The molecular formula is C22H24FN3. The van der Waals surface area contributed by atoms with Crippen molar-refractivity contribution in [3.05, 3.63) is 64.9 Å². The zero-order valence-corrected chi connectivity index (χ0v) is 15.4. The van der Waals surface area contributed by atoms with Crippen LogP contribution in [0.15, 0.2) is 36.5 Å². The summed E-state index contributed by atoms with van der Waals surface area (Å²) in [7, 11) is 2.23. The zero-order valence-electron chi connectivity index (χ0n) is 15.4. The second kappa shape index (κ2) is 5.92. The molecule has 0 N–H and O–H groups in total. The van der Waals surface area contributed by atoms with Crippen molar-refractivity contribution in [2.75, 3.05) is 7.05 Å². The molecule has 0 aliphatic carbocycles. The molecule has 1 saturated heterocycles. The minimum absolute atomic E-state index is 0.136. The van der Waals surface area contributed by atoms with Crippen molar-refractivity contribution in [3.63, 3.8) is 0 Å². The standard InChI is InChI=1S/C22H24FN3/c1-14-3-4-15(13-24-14)9-10-26-19-7-5-16(23)11-18(19)22-20-8-6-17(25(20)2)12-21(22)26/h3-5,7,11,13,17,20H,6,8-10,12H2,1-2H3. The Kier molecular flexibility index (Phi) is 3.64. The lowest BCUT2D eigenvalue weighted by Gasteiger charge is -2.32. The van der Waals surface area contributed by atoms with Gasteiger partial charge in [0.1, 0.15) is 5.82 Å². The minimum atomic E-state index is -0.136. The number of fused-ring (bicyclic) bond motifs is 6. The van der Waals surface area contributed by atoms with Crippen molar-refractivity contribution < 1.29 is 4.39 Å². The molecular weight excluding hydrogens is 325 g/mol. The van der Waals surface area contributed by atoms with Crippen LogP contribution in [0.4, 0.5) is 4.39 Å². The summed E-state index contributed by atoms with van der Waals surface area (Å²) >= 11 is 0. The van der Waals surface area contributed by atoms with Crippen molar-refractivity contribution in [2.45, 2.75) is 51.2 Å². The van der Waals surface area contributed by atoms with Crippen LogP contribution in [0.5, 0.6) is 0 Å². The molecule has 2 unspecified atom stereocenters. The molecule has 2 aliphatic heterocycles. The fourth-order valence-corrected chi connectivity index (χ4v) is 4.97. The van der Waals surface area contributed by atoms with Crippen molar-refractivity contribution in [1.82, 2.24) is 14.5 Å². The van der Waals surface area contributed by atoms with Crippen LogP contribution in [0.1, 0.15) is 41.4 Å². The Bertz CT molecular complexity index is 973. The summed E-state index contributed by atoms with van der Waals surface area (Å²) in [6.07, 6.45) is 6.43. The summed E-state index contributed by atoms with van der Waals surface area (Å²) in [5, 5.41) is 1.11. The second-order valence-corrected chi connectivity index (χ2v) is 7.85. The highest BCUT2D eigenvalue weighted by atomic mass is 19.1. The van der Waals surface area contributed by atoms with Gasteiger partial charge in [0.25, 0.3) is 0 Å². The molecule has 26 heavy (non-hydrogen) atoms. The van der Waals surface area contributed by atoms with E-state index in [-0.39, 0.29) is 5.82 Å². The van der Waals surface area contributed by atoms with E-state index in [9.17, 15) is 4.39 Å². The fraction of sp³-hybridized carbons (Fsp3) is 0.409. The second-order valence-electron chi connectivity index (χ2n) is 7.85. The largest absolute Gasteiger partial charge is 0.344 e. The van der Waals surface area contributed by atoms with Crippen LogP contribution >= 0.6 is 0 Å². The molecule has 3 nitrogen and oxygen atoms in total. The smallest absolute Gasteiger partial charge is 0.123 e. The molecule has 2 aromatic heterocycles. The van der Waals surface area contributed by atoms with E-state index in [0.29, 0.717) is 12.1 Å². The van der Waals surface area contributed by atoms with Crippen LogP contribution in [0.25, 0.3) is 10.9 Å². The van der Waals surface area contributed by atoms with Gasteiger partial charge in [0, 0.05) is 53.5 Å². The quantitative estimate of drug-likeness (QED) is 0.698. The molecule has 1 aromatic carbocycles. The summed E-state index contributed by atoms with van der Waals surface area (Å²) in [5.74, 6) is -0.136. The SMILES string of the molecule is Cc1ccc(CCn2c3c(c4cc(F)ccc42)C2CCC(C3)N2C)cn1. The average Bonchev–Trinajstić information content (AvgIpc) is 3.04. The Hall–Kier alpha value is -2.20. The number of benzene rings is 1. The number of pyridine rings is 1. The van der Waals surface area contributed by atoms with E-state index in [1.807, 2.05) is 19.2 Å². The number of likely N-dealkylation sites (N-methyl/N-ethyl adjacent to an activating group) is 1. The first-order valence-electron chi connectivity index (χ1n) is 9.56. The molecule has 0 spiro atoms. The van der Waals surface area contributed by atoms with E-state index >= 15 is 0 Å². The van der Waals surface area contributed by atoms with E-state index in [1.165, 1.54) is 35.2 Å². The van der Waals surface area contributed by atoms with Gasteiger partial charge >= 0.3 is 0 Å². The normalized spacial score (nSPS) is 22.1. The monoisotopic (exact) mass is 349 g/mol. The highest BCUT2D eigenvalue weighted by Crippen LogP contribution is 2.46. The lowest BCUT2D eigenvalue weighted by molar-refractivity contribution is 0.222. The Morgan fingerprint density at radius 3 is 2.88 bits per heavy atom. The topological polar surface area (TPSA) is 21.1 Å². The molecule has 4 heteroatoms. The Morgan fingerprint density at radius 1 is 1.19 bits per heavy atom. The Labute approximate surface area is 153 Å². The maximum Gasteiger partial charge on any atom is 0.123 e. The summed E-state index contributed by atoms with van der Waals surface area (Å²) in [4.78, 5) is 6.92. The van der Waals surface area contributed by atoms with Gasteiger partial charge in [-0.3, -0.25) is 9.88 Å². The van der Waals surface area contributed by atoms with E-state index in [4.69, 9.17) is 0 Å². The number of hydrogen-bond acceptors (Lipinski definition) is 2. The van der Waals surface area contributed by atoms with Gasteiger partial charge in [0.05, 0.1) is 0 Å². The van der Waals surface area contributed by atoms with Gasteiger partial charge in [-0.15, -0.1) is 0 Å². The van der Waals surface area contributed by atoms with Crippen LogP contribution < -0.4 is 0 Å². The molecule has 4 heterocycles. The first-order chi connectivity index (χ1) is 12.6. The molecule has 0 radical (unpaired) electrons. The molecule has 2 atom stereocenters. The summed E-state index contributed by atoms with van der Waals surface area (Å²) in [6.45, 7) is 2.94. The number of rotatable bonds is 3. The van der Waals surface area contributed by atoms with E-state index in [0.717, 1.165) is 30.5 Å². The molecule has 0 amide bonds. The molecule has 3 aromatic rings. The molecule has 134 valence electrons. The number of aromatic nitrogens is 2. The summed E-state index contributed by atoms with van der Waals surface area (Å²) < 4.78 is 16.5. The van der Waals surface area contributed by atoms with Crippen LogP contribution in [-0.2, 0) is 19.4 Å². The van der Waals surface area contributed by atoms with Gasteiger partial charge in [0.15, 0.2) is 0 Å². The number of hydrogen-bond donors (Lipinski definition) is 0. The molecule has 2 bridgehead atoms.